The molecular formula is C12H12ClN3O2. The molecule has 0 aliphatic carbocycles. The number of rotatable bonds is 2. The summed E-state index contributed by atoms with van der Waals surface area (Å²) in [4.78, 5) is 26.8. The molecule has 0 saturated carbocycles. The van der Waals surface area contributed by atoms with Crippen molar-refractivity contribution in [2.24, 2.45) is 5.92 Å². The first-order valence-electron chi connectivity index (χ1n) is 5.78. The van der Waals surface area contributed by atoms with Crippen molar-refractivity contribution in [1.82, 2.24) is 14.9 Å². The Kier molecular flexibility index (Phi) is 2.72. The molecule has 1 aromatic heterocycles. The molecule has 2 N–H and O–H groups in total. The van der Waals surface area contributed by atoms with Crippen molar-refractivity contribution >= 4 is 22.5 Å². The average Bonchev–Trinajstić information content (AvgIpc) is 2.25. The Morgan fingerprint density at radius 2 is 2.11 bits per heavy atom. The molecule has 94 valence electrons. The number of fused-ring (bicyclic) bond motifs is 1. The molecule has 1 saturated heterocycles. The van der Waals surface area contributed by atoms with Crippen LogP contribution >= 0.6 is 11.6 Å². The summed E-state index contributed by atoms with van der Waals surface area (Å²) in [5.41, 5.74) is -0.139. The molecule has 1 aliphatic heterocycles. The Bertz CT molecular complexity index is 715. The lowest BCUT2D eigenvalue weighted by atomic mass is 10.0. The standard InChI is InChI=1S/C12H12ClN3O2/c13-8-1-2-9-10(3-8)15-12(18)16(11(9)17)6-7-4-14-5-7/h1-3,7,14H,4-6H2,(H,15,18). The van der Waals surface area contributed by atoms with Crippen LogP contribution in [0.4, 0.5) is 0 Å². The number of aromatic nitrogens is 2. The normalized spacial score (nSPS) is 15.8. The van der Waals surface area contributed by atoms with Gasteiger partial charge in [0.05, 0.1) is 10.9 Å². The van der Waals surface area contributed by atoms with Gasteiger partial charge in [0.2, 0.25) is 0 Å². The van der Waals surface area contributed by atoms with E-state index < -0.39 is 0 Å². The minimum atomic E-state index is -0.373. The van der Waals surface area contributed by atoms with E-state index in [1.807, 2.05) is 0 Å². The fourth-order valence-corrected chi connectivity index (χ4v) is 2.30. The van der Waals surface area contributed by atoms with Crippen molar-refractivity contribution in [3.8, 4) is 0 Å². The van der Waals surface area contributed by atoms with E-state index in [0.717, 1.165) is 13.1 Å². The Morgan fingerprint density at radius 1 is 1.33 bits per heavy atom. The summed E-state index contributed by atoms with van der Waals surface area (Å²) in [6, 6.07) is 4.89. The van der Waals surface area contributed by atoms with E-state index >= 15 is 0 Å². The number of halogens is 1. The molecular weight excluding hydrogens is 254 g/mol. The van der Waals surface area contributed by atoms with E-state index in [9.17, 15) is 9.59 Å². The van der Waals surface area contributed by atoms with Gasteiger partial charge < -0.3 is 10.3 Å². The number of H-pyrrole nitrogens is 1. The second-order valence-corrected chi connectivity index (χ2v) is 5.00. The maximum atomic E-state index is 12.2. The van der Waals surface area contributed by atoms with E-state index in [1.54, 1.807) is 18.2 Å². The predicted octanol–water partition coefficient (Wildman–Crippen LogP) is 0.563. The Morgan fingerprint density at radius 3 is 2.78 bits per heavy atom. The van der Waals surface area contributed by atoms with Crippen LogP contribution in [0.25, 0.3) is 10.9 Å². The van der Waals surface area contributed by atoms with Crippen molar-refractivity contribution in [3.63, 3.8) is 0 Å². The van der Waals surface area contributed by atoms with Gasteiger partial charge in [0.1, 0.15) is 0 Å². The smallest absolute Gasteiger partial charge is 0.316 e. The maximum absolute atomic E-state index is 12.2. The van der Waals surface area contributed by atoms with Gasteiger partial charge in [-0.25, -0.2) is 4.79 Å². The lowest BCUT2D eigenvalue weighted by Gasteiger charge is -2.27. The molecule has 3 rings (SSSR count). The molecule has 1 aliphatic rings. The third-order valence-electron chi connectivity index (χ3n) is 3.25. The highest BCUT2D eigenvalue weighted by Gasteiger charge is 2.19. The number of nitrogens with zero attached hydrogens (tertiary/aromatic N) is 1. The van der Waals surface area contributed by atoms with Crippen molar-refractivity contribution in [2.45, 2.75) is 6.54 Å². The van der Waals surface area contributed by atoms with Crippen LogP contribution < -0.4 is 16.6 Å². The monoisotopic (exact) mass is 265 g/mol. The second kappa shape index (κ2) is 4.26. The highest BCUT2D eigenvalue weighted by Crippen LogP contribution is 2.13. The number of nitrogens with one attached hydrogen (secondary N) is 2. The molecule has 1 fully saturated rings. The highest BCUT2D eigenvalue weighted by atomic mass is 35.5. The molecule has 18 heavy (non-hydrogen) atoms. The van der Waals surface area contributed by atoms with Crippen LogP contribution in [0, 0.1) is 5.92 Å². The summed E-state index contributed by atoms with van der Waals surface area (Å²) in [7, 11) is 0. The zero-order valence-electron chi connectivity index (χ0n) is 9.57. The first-order chi connectivity index (χ1) is 8.65. The number of hydrogen-bond acceptors (Lipinski definition) is 3. The minimum absolute atomic E-state index is 0.252. The molecule has 0 radical (unpaired) electrons. The molecule has 1 aromatic carbocycles. The summed E-state index contributed by atoms with van der Waals surface area (Å²) in [6.45, 7) is 2.16. The van der Waals surface area contributed by atoms with Gasteiger partial charge in [-0.15, -0.1) is 0 Å². The van der Waals surface area contributed by atoms with Gasteiger partial charge in [-0.3, -0.25) is 9.36 Å². The van der Waals surface area contributed by atoms with Crippen LogP contribution in [-0.4, -0.2) is 22.6 Å². The van der Waals surface area contributed by atoms with Crippen LogP contribution in [0.15, 0.2) is 27.8 Å². The van der Waals surface area contributed by atoms with Crippen LogP contribution in [0.5, 0.6) is 0 Å². The Labute approximate surface area is 107 Å². The van der Waals surface area contributed by atoms with Crippen LogP contribution in [-0.2, 0) is 6.54 Å². The van der Waals surface area contributed by atoms with Gasteiger partial charge in [-0.2, -0.15) is 0 Å². The first-order valence-corrected chi connectivity index (χ1v) is 6.16. The van der Waals surface area contributed by atoms with Gasteiger partial charge in [-0.1, -0.05) is 11.6 Å². The lowest BCUT2D eigenvalue weighted by molar-refractivity contribution is 0.300. The molecule has 0 spiro atoms. The van der Waals surface area contributed by atoms with E-state index in [-0.39, 0.29) is 11.2 Å². The molecule has 2 heterocycles. The van der Waals surface area contributed by atoms with Crippen LogP contribution in [0.1, 0.15) is 0 Å². The molecule has 0 amide bonds. The molecule has 0 unspecified atom stereocenters. The summed E-state index contributed by atoms with van der Waals surface area (Å²) in [5, 5.41) is 4.11. The van der Waals surface area contributed by atoms with Crippen LogP contribution in [0.2, 0.25) is 5.02 Å². The molecule has 6 heteroatoms. The van der Waals surface area contributed by atoms with E-state index in [2.05, 4.69) is 10.3 Å². The largest absolute Gasteiger partial charge is 0.328 e. The number of aromatic amines is 1. The summed E-state index contributed by atoms with van der Waals surface area (Å²) in [6.07, 6.45) is 0. The van der Waals surface area contributed by atoms with E-state index in [0.29, 0.717) is 28.4 Å². The van der Waals surface area contributed by atoms with E-state index in [1.165, 1.54) is 4.57 Å². The fourth-order valence-electron chi connectivity index (χ4n) is 2.13. The summed E-state index contributed by atoms with van der Waals surface area (Å²) >= 11 is 5.84. The fraction of sp³-hybridized carbons (Fsp3) is 0.333. The molecule has 2 aromatic rings. The minimum Gasteiger partial charge on any atom is -0.316 e. The SMILES string of the molecule is O=c1[nH]c2cc(Cl)ccc2c(=O)n1CC1CNC1. The second-order valence-electron chi connectivity index (χ2n) is 4.56. The molecule has 0 atom stereocenters. The van der Waals surface area contributed by atoms with Gasteiger partial charge in [0.25, 0.3) is 5.56 Å². The predicted molar refractivity (Wildman–Crippen MR) is 70.2 cm³/mol. The van der Waals surface area contributed by atoms with Gasteiger partial charge >= 0.3 is 5.69 Å². The third-order valence-corrected chi connectivity index (χ3v) is 3.49. The average molecular weight is 266 g/mol. The van der Waals surface area contributed by atoms with Crippen molar-refractivity contribution in [3.05, 3.63) is 44.1 Å². The number of benzene rings is 1. The zero-order valence-corrected chi connectivity index (χ0v) is 10.3. The topological polar surface area (TPSA) is 66.9 Å². The third kappa shape index (κ3) is 1.85. The Balaban J connectivity index is 2.17. The van der Waals surface area contributed by atoms with Gasteiger partial charge in [0, 0.05) is 30.6 Å². The van der Waals surface area contributed by atoms with E-state index in [4.69, 9.17) is 11.6 Å². The molecule has 5 nitrogen and oxygen atoms in total. The van der Waals surface area contributed by atoms with Crippen molar-refractivity contribution in [1.29, 1.82) is 0 Å². The lowest BCUT2D eigenvalue weighted by Crippen LogP contribution is -2.48. The van der Waals surface area contributed by atoms with Crippen molar-refractivity contribution < 1.29 is 0 Å². The Hall–Kier alpha value is -1.59. The highest BCUT2D eigenvalue weighted by molar-refractivity contribution is 6.31. The van der Waals surface area contributed by atoms with Gasteiger partial charge in [0.15, 0.2) is 0 Å². The summed E-state index contributed by atoms with van der Waals surface area (Å²) < 4.78 is 1.27. The van der Waals surface area contributed by atoms with Crippen LogP contribution in [0.3, 0.4) is 0 Å². The molecule has 0 bridgehead atoms. The summed E-state index contributed by atoms with van der Waals surface area (Å²) in [5.74, 6) is 0.355. The number of hydrogen-bond donors (Lipinski definition) is 2. The zero-order chi connectivity index (χ0) is 12.7. The maximum Gasteiger partial charge on any atom is 0.328 e. The van der Waals surface area contributed by atoms with Crippen molar-refractivity contribution in [2.75, 3.05) is 13.1 Å². The first kappa shape index (κ1) is 11.5. The van der Waals surface area contributed by atoms with Gasteiger partial charge in [-0.05, 0) is 18.2 Å². The quantitative estimate of drug-likeness (QED) is 0.834.